The molecular formula is C25H31F2N3O5. The average Bonchev–Trinajstić information content (AvgIpc) is 2.84. The number of carboxylic acids is 1. The topological polar surface area (TPSA) is 101 Å². The molecule has 35 heavy (non-hydrogen) atoms. The van der Waals surface area contributed by atoms with Gasteiger partial charge in [0, 0.05) is 17.8 Å². The number of methoxy groups -OCH3 is 1. The molecule has 2 amide bonds. The van der Waals surface area contributed by atoms with E-state index in [1.165, 1.54) is 19.2 Å². The van der Waals surface area contributed by atoms with Crippen molar-refractivity contribution >= 4 is 23.4 Å². The van der Waals surface area contributed by atoms with Gasteiger partial charge in [0.05, 0.1) is 13.0 Å². The number of rotatable bonds is 9. The number of para-hydroxylation sites is 1. The van der Waals surface area contributed by atoms with Crippen LogP contribution >= 0.6 is 0 Å². The van der Waals surface area contributed by atoms with E-state index in [0.29, 0.717) is 25.7 Å². The number of alkyl halides is 2. The number of halogens is 2. The molecule has 3 rings (SSSR count). The molecule has 0 atom stereocenters. The number of nitrogens with zero attached hydrogens (tertiary/aromatic N) is 2. The molecule has 0 saturated heterocycles. The van der Waals surface area contributed by atoms with Gasteiger partial charge >= 0.3 is 12.0 Å². The first-order valence-corrected chi connectivity index (χ1v) is 11.6. The van der Waals surface area contributed by atoms with Gasteiger partial charge in [-0.1, -0.05) is 32.0 Å². The maximum atomic E-state index is 13.7. The third kappa shape index (κ3) is 6.58. The minimum atomic E-state index is -2.72. The number of aromatic nitrogens is 1. The Balaban J connectivity index is 1.94. The molecule has 0 spiro atoms. The molecule has 1 heterocycles. The number of carbonyl (C=O) groups is 2. The van der Waals surface area contributed by atoms with E-state index < -0.39 is 31.0 Å². The lowest BCUT2D eigenvalue weighted by atomic mass is 9.85. The summed E-state index contributed by atoms with van der Waals surface area (Å²) >= 11 is 0. The van der Waals surface area contributed by atoms with Gasteiger partial charge in [-0.05, 0) is 49.3 Å². The van der Waals surface area contributed by atoms with Crippen LogP contribution in [-0.4, -0.2) is 48.3 Å². The minimum Gasteiger partial charge on any atom is -0.481 e. The second-order valence-electron chi connectivity index (χ2n) is 8.77. The first kappa shape index (κ1) is 26.2. The molecule has 1 aliphatic rings. The van der Waals surface area contributed by atoms with Crippen molar-refractivity contribution in [3.63, 3.8) is 0 Å². The molecule has 10 heteroatoms. The van der Waals surface area contributed by atoms with Gasteiger partial charge in [0.15, 0.2) is 6.61 Å². The van der Waals surface area contributed by atoms with E-state index in [9.17, 15) is 23.5 Å². The third-order valence-corrected chi connectivity index (χ3v) is 6.08. The summed E-state index contributed by atoms with van der Waals surface area (Å²) in [6, 6.07) is 9.82. The number of aliphatic carboxylic acids is 1. The highest BCUT2D eigenvalue weighted by molar-refractivity contribution is 6.03. The Morgan fingerprint density at radius 3 is 2.43 bits per heavy atom. The molecule has 1 aromatic heterocycles. The number of nitrogens with one attached hydrogen (secondary N) is 1. The maximum absolute atomic E-state index is 13.7. The fourth-order valence-corrected chi connectivity index (χ4v) is 4.31. The summed E-state index contributed by atoms with van der Waals surface area (Å²) in [5.74, 6) is -1.15. The Bertz CT molecular complexity index is 1030. The second kappa shape index (κ2) is 11.8. The van der Waals surface area contributed by atoms with Gasteiger partial charge in [-0.15, -0.1) is 0 Å². The van der Waals surface area contributed by atoms with Crippen molar-refractivity contribution < 1.29 is 33.0 Å². The highest BCUT2D eigenvalue weighted by Crippen LogP contribution is 2.36. The largest absolute Gasteiger partial charge is 0.481 e. The monoisotopic (exact) mass is 491 g/mol. The molecule has 1 fully saturated rings. The standard InChI is InChI=1S/C25H31F2N3O5/c1-15(2)18-6-4-5-7-20(18)30(17-10-8-16(9-11-17)24(31)32)25(33)28-19-12-13-22(34-3)29-23(19)35-14-21(26)27/h4-7,12-13,15-17,21H,8-11,14H2,1-3H3,(H,28,33)(H,31,32). The van der Waals surface area contributed by atoms with E-state index in [2.05, 4.69) is 10.3 Å². The number of ether oxygens (including phenoxy) is 2. The Kier molecular flexibility index (Phi) is 8.84. The van der Waals surface area contributed by atoms with Crippen LogP contribution in [0, 0.1) is 5.92 Å². The van der Waals surface area contributed by atoms with Gasteiger partial charge in [0.25, 0.3) is 6.43 Å². The van der Waals surface area contributed by atoms with Crippen LogP contribution in [0.5, 0.6) is 11.8 Å². The predicted octanol–water partition coefficient (Wildman–Crippen LogP) is 5.54. The van der Waals surface area contributed by atoms with E-state index in [1.54, 1.807) is 4.90 Å². The van der Waals surface area contributed by atoms with Crippen molar-refractivity contribution in [2.24, 2.45) is 5.92 Å². The molecule has 1 aromatic carbocycles. The fourth-order valence-electron chi connectivity index (χ4n) is 4.31. The van der Waals surface area contributed by atoms with E-state index in [4.69, 9.17) is 9.47 Å². The van der Waals surface area contributed by atoms with Crippen LogP contribution < -0.4 is 19.7 Å². The Morgan fingerprint density at radius 2 is 1.83 bits per heavy atom. The number of hydrogen-bond donors (Lipinski definition) is 2. The van der Waals surface area contributed by atoms with Crippen molar-refractivity contribution in [1.82, 2.24) is 4.98 Å². The van der Waals surface area contributed by atoms with Crippen LogP contribution in [0.3, 0.4) is 0 Å². The highest BCUT2D eigenvalue weighted by Gasteiger charge is 2.34. The molecular weight excluding hydrogens is 460 g/mol. The number of urea groups is 1. The van der Waals surface area contributed by atoms with Crippen molar-refractivity contribution in [3.8, 4) is 11.8 Å². The van der Waals surface area contributed by atoms with Crippen LogP contribution in [0.25, 0.3) is 0 Å². The number of carboxylic acid groups (broad SMARTS) is 1. The summed E-state index contributed by atoms with van der Waals surface area (Å²) in [4.78, 5) is 30.8. The molecule has 0 radical (unpaired) electrons. The van der Waals surface area contributed by atoms with Gasteiger partial charge in [0.2, 0.25) is 11.8 Å². The number of pyridine rings is 1. The van der Waals surface area contributed by atoms with E-state index in [-0.39, 0.29) is 29.4 Å². The number of carbonyl (C=O) groups excluding carboxylic acids is 1. The van der Waals surface area contributed by atoms with Crippen LogP contribution in [0.2, 0.25) is 0 Å². The lowest BCUT2D eigenvalue weighted by Crippen LogP contribution is -2.46. The first-order valence-electron chi connectivity index (χ1n) is 11.6. The lowest BCUT2D eigenvalue weighted by molar-refractivity contribution is -0.142. The normalized spacial score (nSPS) is 17.8. The van der Waals surface area contributed by atoms with Gasteiger partial charge in [-0.25, -0.2) is 13.6 Å². The van der Waals surface area contributed by atoms with Gasteiger partial charge in [-0.3, -0.25) is 9.69 Å². The number of benzene rings is 1. The van der Waals surface area contributed by atoms with Crippen LogP contribution in [0.4, 0.5) is 25.0 Å². The zero-order valence-corrected chi connectivity index (χ0v) is 20.0. The summed E-state index contributed by atoms with van der Waals surface area (Å²) in [6.45, 7) is 3.17. The molecule has 190 valence electrons. The quantitative estimate of drug-likeness (QED) is 0.478. The molecule has 0 aliphatic heterocycles. The van der Waals surface area contributed by atoms with Crippen molar-refractivity contribution in [2.75, 3.05) is 23.9 Å². The average molecular weight is 492 g/mol. The molecule has 0 bridgehead atoms. The van der Waals surface area contributed by atoms with Gasteiger partial charge in [-0.2, -0.15) is 4.98 Å². The molecule has 0 unspecified atom stereocenters. The number of amides is 2. The third-order valence-electron chi connectivity index (χ3n) is 6.08. The molecule has 2 N–H and O–H groups in total. The molecule has 1 aliphatic carbocycles. The van der Waals surface area contributed by atoms with Gasteiger partial charge < -0.3 is 19.9 Å². The zero-order valence-electron chi connectivity index (χ0n) is 20.0. The highest BCUT2D eigenvalue weighted by atomic mass is 19.3. The summed E-state index contributed by atoms with van der Waals surface area (Å²) in [7, 11) is 1.38. The van der Waals surface area contributed by atoms with E-state index in [1.807, 2.05) is 38.1 Å². The summed E-state index contributed by atoms with van der Waals surface area (Å²) in [6.07, 6.45) is -0.759. The van der Waals surface area contributed by atoms with Crippen LogP contribution in [0.1, 0.15) is 51.0 Å². The summed E-state index contributed by atoms with van der Waals surface area (Å²) < 4.78 is 35.7. The smallest absolute Gasteiger partial charge is 0.326 e. The fraction of sp³-hybridized carbons (Fsp3) is 0.480. The maximum Gasteiger partial charge on any atom is 0.326 e. The predicted molar refractivity (Wildman–Crippen MR) is 128 cm³/mol. The Hall–Kier alpha value is -3.43. The molecule has 1 saturated carbocycles. The SMILES string of the molecule is COc1ccc(NC(=O)N(c2ccccc2C(C)C)C2CCC(C(=O)O)CC2)c(OCC(F)F)n1. The van der Waals surface area contributed by atoms with Crippen molar-refractivity contribution in [1.29, 1.82) is 0 Å². The van der Waals surface area contributed by atoms with Crippen LogP contribution in [-0.2, 0) is 4.79 Å². The number of hydrogen-bond acceptors (Lipinski definition) is 5. The molecule has 2 aromatic rings. The van der Waals surface area contributed by atoms with Crippen LogP contribution in [0.15, 0.2) is 36.4 Å². The van der Waals surface area contributed by atoms with Crippen molar-refractivity contribution in [2.45, 2.75) is 57.9 Å². The summed E-state index contributed by atoms with van der Waals surface area (Å²) in [5.41, 5.74) is 1.81. The zero-order chi connectivity index (χ0) is 25.5. The molecule has 8 nitrogen and oxygen atoms in total. The Labute approximate surface area is 203 Å². The number of anilines is 2. The van der Waals surface area contributed by atoms with Gasteiger partial charge in [0.1, 0.15) is 5.69 Å². The lowest BCUT2D eigenvalue weighted by Gasteiger charge is -2.37. The van der Waals surface area contributed by atoms with Crippen molar-refractivity contribution in [3.05, 3.63) is 42.0 Å². The van der Waals surface area contributed by atoms with E-state index >= 15 is 0 Å². The minimum absolute atomic E-state index is 0.127. The summed E-state index contributed by atoms with van der Waals surface area (Å²) in [5, 5.41) is 12.2. The van der Waals surface area contributed by atoms with E-state index in [0.717, 1.165) is 11.3 Å². The second-order valence-corrected chi connectivity index (χ2v) is 8.77. The first-order chi connectivity index (χ1) is 16.7. The Morgan fingerprint density at radius 1 is 1.14 bits per heavy atom.